The molecule has 0 atom stereocenters. The van der Waals surface area contributed by atoms with E-state index < -0.39 is 0 Å². The Morgan fingerprint density at radius 3 is 2.62 bits per heavy atom. The van der Waals surface area contributed by atoms with Crippen molar-refractivity contribution in [3.05, 3.63) is 70.4 Å². The molecule has 0 spiro atoms. The summed E-state index contributed by atoms with van der Waals surface area (Å²) in [7, 11) is 0. The smallest absolute Gasteiger partial charge is 0.259 e. The normalized spacial score (nSPS) is 15.3. The molecule has 7 heteroatoms. The van der Waals surface area contributed by atoms with E-state index in [9.17, 15) is 4.79 Å². The first-order valence-corrected chi connectivity index (χ1v) is 11.2. The molecule has 3 N–H and O–H groups in total. The van der Waals surface area contributed by atoms with Crippen molar-refractivity contribution in [2.24, 2.45) is 0 Å². The van der Waals surface area contributed by atoms with Crippen LogP contribution < -0.4 is 10.9 Å². The fourth-order valence-electron chi connectivity index (χ4n) is 4.61. The van der Waals surface area contributed by atoms with Crippen molar-refractivity contribution in [1.29, 1.82) is 0 Å². The summed E-state index contributed by atoms with van der Waals surface area (Å²) in [6.07, 6.45) is 5.83. The average Bonchev–Trinajstić information content (AvgIpc) is 3.25. The third-order valence-electron chi connectivity index (χ3n) is 6.54. The van der Waals surface area contributed by atoms with Crippen molar-refractivity contribution in [2.75, 3.05) is 25.0 Å². The molecule has 4 aromatic rings. The lowest BCUT2D eigenvalue weighted by Gasteiger charge is -2.31. The van der Waals surface area contributed by atoms with Gasteiger partial charge in [0.05, 0.1) is 17.3 Å². The van der Waals surface area contributed by atoms with E-state index in [4.69, 9.17) is 4.98 Å². The highest BCUT2D eigenvalue weighted by atomic mass is 16.1. The van der Waals surface area contributed by atoms with Crippen LogP contribution in [0.2, 0.25) is 0 Å². The highest BCUT2D eigenvalue weighted by Crippen LogP contribution is 2.31. The molecule has 3 aromatic heterocycles. The van der Waals surface area contributed by atoms with Crippen LogP contribution in [0.15, 0.2) is 53.6 Å². The highest BCUT2D eigenvalue weighted by molar-refractivity contribution is 5.95. The zero-order chi connectivity index (χ0) is 22.1. The summed E-state index contributed by atoms with van der Waals surface area (Å²) < 4.78 is 0. The zero-order valence-corrected chi connectivity index (χ0v) is 18.5. The highest BCUT2D eigenvalue weighted by Gasteiger charge is 2.19. The van der Waals surface area contributed by atoms with Gasteiger partial charge in [-0.3, -0.25) is 9.89 Å². The average molecular weight is 429 g/mol. The molecule has 1 saturated heterocycles. The number of hydrogen-bond acceptors (Lipinski definition) is 5. The van der Waals surface area contributed by atoms with E-state index in [1.54, 1.807) is 12.4 Å². The van der Waals surface area contributed by atoms with Crippen LogP contribution in [-0.2, 0) is 0 Å². The number of piperidine rings is 1. The number of pyridine rings is 2. The Balaban J connectivity index is 1.46. The van der Waals surface area contributed by atoms with Crippen LogP contribution in [0.1, 0.15) is 36.9 Å². The van der Waals surface area contributed by atoms with Crippen molar-refractivity contribution >= 4 is 22.3 Å². The van der Waals surface area contributed by atoms with Gasteiger partial charge in [-0.1, -0.05) is 19.1 Å². The van der Waals surface area contributed by atoms with Crippen LogP contribution >= 0.6 is 0 Å². The van der Waals surface area contributed by atoms with Crippen molar-refractivity contribution in [1.82, 2.24) is 25.1 Å². The van der Waals surface area contributed by atoms with E-state index in [0.717, 1.165) is 34.6 Å². The lowest BCUT2D eigenvalue weighted by molar-refractivity contribution is 0.222. The van der Waals surface area contributed by atoms with Gasteiger partial charge in [0, 0.05) is 23.1 Å². The number of fused-ring (bicyclic) bond motifs is 1. The predicted molar refractivity (Wildman–Crippen MR) is 128 cm³/mol. The summed E-state index contributed by atoms with van der Waals surface area (Å²) in [6, 6.07) is 12.4. The number of rotatable bonds is 5. The Hall–Kier alpha value is -3.45. The second kappa shape index (κ2) is 8.59. The molecule has 32 heavy (non-hydrogen) atoms. The maximum atomic E-state index is 12.6. The molecule has 0 aliphatic carbocycles. The molecule has 164 valence electrons. The van der Waals surface area contributed by atoms with E-state index in [1.165, 1.54) is 31.5 Å². The van der Waals surface area contributed by atoms with Crippen LogP contribution in [0.5, 0.6) is 0 Å². The van der Waals surface area contributed by atoms with Gasteiger partial charge in [-0.25, -0.2) is 4.98 Å². The van der Waals surface area contributed by atoms with Crippen LogP contribution in [-0.4, -0.2) is 44.7 Å². The van der Waals surface area contributed by atoms with E-state index in [0.29, 0.717) is 17.1 Å². The zero-order valence-electron chi connectivity index (χ0n) is 18.5. The number of aromatic amines is 2. The van der Waals surface area contributed by atoms with Gasteiger partial charge in [-0.2, -0.15) is 5.10 Å². The first-order valence-electron chi connectivity index (χ1n) is 11.2. The van der Waals surface area contributed by atoms with Crippen molar-refractivity contribution in [3.63, 3.8) is 0 Å². The Morgan fingerprint density at radius 2 is 1.94 bits per heavy atom. The number of anilines is 2. The summed E-state index contributed by atoms with van der Waals surface area (Å²) in [4.78, 5) is 22.7. The van der Waals surface area contributed by atoms with Gasteiger partial charge >= 0.3 is 0 Å². The molecule has 7 nitrogen and oxygen atoms in total. The Morgan fingerprint density at radius 1 is 1.16 bits per heavy atom. The van der Waals surface area contributed by atoms with Crippen molar-refractivity contribution in [2.45, 2.75) is 32.6 Å². The molecule has 0 amide bonds. The van der Waals surface area contributed by atoms with Crippen LogP contribution in [0.25, 0.3) is 22.0 Å². The number of H-pyrrole nitrogens is 2. The first kappa shape index (κ1) is 20.5. The minimum absolute atomic E-state index is 0.160. The first-order chi connectivity index (χ1) is 15.6. The molecule has 4 heterocycles. The molecule has 1 aromatic carbocycles. The number of likely N-dealkylation sites (tertiary alicyclic amines) is 1. The summed E-state index contributed by atoms with van der Waals surface area (Å²) in [5.74, 6) is 1.16. The molecular formula is C25H28N6O. The minimum Gasteiger partial charge on any atom is -0.340 e. The molecule has 0 unspecified atom stereocenters. The Labute approximate surface area is 186 Å². The topological polar surface area (TPSA) is 89.7 Å². The molecule has 5 rings (SSSR count). The van der Waals surface area contributed by atoms with Crippen molar-refractivity contribution < 1.29 is 0 Å². The molecule has 1 aliphatic heterocycles. The number of hydrogen-bond donors (Lipinski definition) is 3. The fourth-order valence-corrected chi connectivity index (χ4v) is 4.61. The number of aryl methyl sites for hydroxylation is 1. The SMILES string of the molecule is CCN1CCC(c2ccc(Nc3nc(-c4cn[nH]c4C)cc4cc[nH]c(=O)c34)cc2)CC1. The second-order valence-corrected chi connectivity index (χ2v) is 8.49. The molecule has 1 fully saturated rings. The lowest BCUT2D eigenvalue weighted by atomic mass is 9.89. The van der Waals surface area contributed by atoms with Gasteiger partial charge < -0.3 is 15.2 Å². The Kier molecular flexibility index (Phi) is 5.49. The Bertz CT molecular complexity index is 1280. The third kappa shape index (κ3) is 3.91. The predicted octanol–water partition coefficient (Wildman–Crippen LogP) is 4.56. The number of nitrogens with one attached hydrogen (secondary N) is 3. The number of nitrogens with zero attached hydrogens (tertiary/aromatic N) is 3. The molecule has 0 radical (unpaired) electrons. The maximum absolute atomic E-state index is 12.6. The standard InChI is InChI=1S/C25H28N6O/c1-3-31-12-9-18(10-13-31)17-4-6-20(7-5-17)28-24-23-19(8-11-26-25(23)32)14-22(29-24)21-15-27-30-16(21)2/h4-8,11,14-15,18H,3,9-10,12-13H2,1-2H3,(H,26,32)(H,27,30)(H,28,29). The molecule has 1 aliphatic rings. The van der Waals surface area contributed by atoms with Crippen molar-refractivity contribution in [3.8, 4) is 11.3 Å². The lowest BCUT2D eigenvalue weighted by Crippen LogP contribution is -2.32. The molecule has 0 bridgehead atoms. The summed E-state index contributed by atoms with van der Waals surface area (Å²) in [6.45, 7) is 7.66. The summed E-state index contributed by atoms with van der Waals surface area (Å²) in [5, 5.41) is 11.8. The second-order valence-electron chi connectivity index (χ2n) is 8.49. The van der Waals surface area contributed by atoms with E-state index in [1.807, 2.05) is 19.1 Å². The van der Waals surface area contributed by atoms with Crippen LogP contribution in [0.3, 0.4) is 0 Å². The van der Waals surface area contributed by atoms with Gasteiger partial charge in [-0.05, 0) is 80.5 Å². The van der Waals surface area contributed by atoms with Crippen LogP contribution in [0.4, 0.5) is 11.5 Å². The summed E-state index contributed by atoms with van der Waals surface area (Å²) >= 11 is 0. The number of aromatic nitrogens is 4. The van der Waals surface area contributed by atoms with Gasteiger partial charge in [0.15, 0.2) is 0 Å². The molecular weight excluding hydrogens is 400 g/mol. The largest absolute Gasteiger partial charge is 0.340 e. The van der Waals surface area contributed by atoms with E-state index in [2.05, 4.69) is 56.6 Å². The van der Waals surface area contributed by atoms with Crippen LogP contribution in [0, 0.1) is 6.92 Å². The molecule has 0 saturated carbocycles. The van der Waals surface area contributed by atoms with Gasteiger partial charge in [0.25, 0.3) is 5.56 Å². The van der Waals surface area contributed by atoms with Gasteiger partial charge in [0.1, 0.15) is 5.82 Å². The number of benzene rings is 1. The minimum atomic E-state index is -0.160. The third-order valence-corrected chi connectivity index (χ3v) is 6.54. The van der Waals surface area contributed by atoms with E-state index in [-0.39, 0.29) is 5.56 Å². The summed E-state index contributed by atoms with van der Waals surface area (Å²) in [5.41, 5.74) is 4.76. The van der Waals surface area contributed by atoms with Gasteiger partial charge in [0.2, 0.25) is 0 Å². The quantitative estimate of drug-likeness (QED) is 0.433. The van der Waals surface area contributed by atoms with Gasteiger partial charge in [-0.15, -0.1) is 0 Å². The maximum Gasteiger partial charge on any atom is 0.259 e. The van der Waals surface area contributed by atoms with E-state index >= 15 is 0 Å². The monoisotopic (exact) mass is 428 g/mol. The fraction of sp³-hybridized carbons (Fsp3) is 0.320.